The van der Waals surface area contributed by atoms with Crippen LogP contribution in [0.5, 0.6) is 11.6 Å². The third-order valence-corrected chi connectivity index (χ3v) is 3.93. The topological polar surface area (TPSA) is 48.1 Å². The molecule has 2 rings (SSSR count). The number of benzene rings is 1. The normalized spacial score (nSPS) is 12.2. The Morgan fingerprint density at radius 3 is 2.57 bits per heavy atom. The second-order valence-corrected chi connectivity index (χ2v) is 5.60. The summed E-state index contributed by atoms with van der Waals surface area (Å²) in [4.78, 5) is 4.40. The van der Waals surface area contributed by atoms with Crippen molar-refractivity contribution in [2.45, 2.75) is 46.6 Å². The Kier molecular flexibility index (Phi) is 4.97. The number of aryl methyl sites for hydroxylation is 2. The van der Waals surface area contributed by atoms with Crippen molar-refractivity contribution in [1.29, 1.82) is 0 Å². The molecule has 0 aliphatic carbocycles. The van der Waals surface area contributed by atoms with Gasteiger partial charge in [0.05, 0.1) is 0 Å². The number of nitrogens with two attached hydrogens (primary N) is 1. The van der Waals surface area contributed by atoms with Crippen LogP contribution in [0.4, 0.5) is 0 Å². The lowest BCUT2D eigenvalue weighted by atomic mass is 10.0. The summed E-state index contributed by atoms with van der Waals surface area (Å²) in [6.45, 7) is 8.32. The van der Waals surface area contributed by atoms with Crippen molar-refractivity contribution in [2.75, 3.05) is 0 Å². The molecule has 1 atom stereocenters. The monoisotopic (exact) mass is 284 g/mol. The lowest BCUT2D eigenvalue weighted by Crippen LogP contribution is -2.21. The number of nitrogens with zero attached hydrogens (tertiary/aromatic N) is 1. The number of pyridine rings is 1. The van der Waals surface area contributed by atoms with Crippen LogP contribution in [0.25, 0.3) is 0 Å². The highest BCUT2D eigenvalue weighted by atomic mass is 16.5. The molecule has 3 heteroatoms. The van der Waals surface area contributed by atoms with Gasteiger partial charge in [-0.25, -0.2) is 4.98 Å². The molecule has 0 aliphatic rings. The van der Waals surface area contributed by atoms with Gasteiger partial charge in [0.15, 0.2) is 0 Å². The van der Waals surface area contributed by atoms with E-state index in [2.05, 4.69) is 44.8 Å². The Balaban J connectivity index is 2.34. The highest BCUT2D eigenvalue weighted by Crippen LogP contribution is 2.31. The molecule has 0 amide bonds. The summed E-state index contributed by atoms with van der Waals surface area (Å²) in [7, 11) is 0. The molecule has 0 saturated heterocycles. The van der Waals surface area contributed by atoms with Gasteiger partial charge in [-0.2, -0.15) is 0 Å². The van der Waals surface area contributed by atoms with Gasteiger partial charge in [0.1, 0.15) is 5.75 Å². The minimum absolute atomic E-state index is 0.135. The highest BCUT2D eigenvalue weighted by Gasteiger charge is 2.13. The van der Waals surface area contributed by atoms with Gasteiger partial charge < -0.3 is 10.5 Å². The number of hydrogen-bond acceptors (Lipinski definition) is 3. The summed E-state index contributed by atoms with van der Waals surface area (Å²) in [5.74, 6) is 1.57. The van der Waals surface area contributed by atoms with E-state index in [-0.39, 0.29) is 6.04 Å². The lowest BCUT2D eigenvalue weighted by Gasteiger charge is -2.16. The van der Waals surface area contributed by atoms with Crippen molar-refractivity contribution in [3.8, 4) is 11.6 Å². The molecule has 1 aromatic carbocycles. The van der Waals surface area contributed by atoms with Gasteiger partial charge in [-0.3, -0.25) is 0 Å². The van der Waals surface area contributed by atoms with Gasteiger partial charge in [0, 0.05) is 17.8 Å². The van der Waals surface area contributed by atoms with Gasteiger partial charge >= 0.3 is 0 Å². The Hall–Kier alpha value is -1.87. The van der Waals surface area contributed by atoms with Crippen LogP contribution < -0.4 is 10.5 Å². The van der Waals surface area contributed by atoms with Crippen LogP contribution in [0.1, 0.15) is 35.6 Å². The Bertz CT molecular complexity index is 623. The third kappa shape index (κ3) is 3.61. The molecule has 0 radical (unpaired) electrons. The Labute approximate surface area is 127 Å². The molecule has 2 aromatic rings. The number of hydrogen-bond donors (Lipinski definition) is 1. The van der Waals surface area contributed by atoms with Crippen LogP contribution in [-0.4, -0.2) is 11.0 Å². The number of ether oxygens (including phenoxy) is 1. The largest absolute Gasteiger partial charge is 0.438 e. The summed E-state index contributed by atoms with van der Waals surface area (Å²) < 4.78 is 6.13. The first kappa shape index (κ1) is 15.5. The molecule has 0 saturated carbocycles. The SMILES string of the molecule is CCC(N)Cc1cccnc1Oc1c(C)ccc(C)c1C. The summed E-state index contributed by atoms with van der Waals surface area (Å²) in [5, 5.41) is 0. The lowest BCUT2D eigenvalue weighted by molar-refractivity contribution is 0.445. The zero-order valence-electron chi connectivity index (χ0n) is 13.3. The van der Waals surface area contributed by atoms with E-state index in [0.29, 0.717) is 5.88 Å². The van der Waals surface area contributed by atoms with Crippen molar-refractivity contribution < 1.29 is 4.74 Å². The molecule has 0 spiro atoms. The van der Waals surface area contributed by atoms with Crippen molar-refractivity contribution in [3.05, 3.63) is 52.7 Å². The minimum Gasteiger partial charge on any atom is -0.438 e. The van der Waals surface area contributed by atoms with Crippen molar-refractivity contribution in [3.63, 3.8) is 0 Å². The second-order valence-electron chi connectivity index (χ2n) is 5.60. The average Bonchev–Trinajstić information content (AvgIpc) is 2.49. The van der Waals surface area contributed by atoms with E-state index in [4.69, 9.17) is 10.5 Å². The zero-order chi connectivity index (χ0) is 15.4. The summed E-state index contributed by atoms with van der Waals surface area (Å²) in [6, 6.07) is 8.30. The third-order valence-electron chi connectivity index (χ3n) is 3.93. The van der Waals surface area contributed by atoms with Gasteiger partial charge in [0.2, 0.25) is 5.88 Å². The van der Waals surface area contributed by atoms with Crippen LogP contribution in [0.3, 0.4) is 0 Å². The maximum absolute atomic E-state index is 6.13. The molecule has 1 heterocycles. The highest BCUT2D eigenvalue weighted by molar-refractivity contribution is 5.47. The van der Waals surface area contributed by atoms with Gasteiger partial charge in [0.25, 0.3) is 0 Å². The fourth-order valence-electron chi connectivity index (χ4n) is 2.28. The molecule has 1 aromatic heterocycles. The van der Waals surface area contributed by atoms with E-state index in [0.717, 1.165) is 35.3 Å². The number of aromatic nitrogens is 1. The van der Waals surface area contributed by atoms with E-state index in [1.165, 1.54) is 5.56 Å². The molecule has 0 aliphatic heterocycles. The minimum atomic E-state index is 0.135. The van der Waals surface area contributed by atoms with Crippen LogP contribution in [-0.2, 0) is 6.42 Å². The summed E-state index contributed by atoms with van der Waals surface area (Å²) in [5.41, 5.74) is 10.6. The predicted molar refractivity (Wildman–Crippen MR) is 86.9 cm³/mol. The van der Waals surface area contributed by atoms with Crippen LogP contribution in [0, 0.1) is 20.8 Å². The molecule has 0 fully saturated rings. The Morgan fingerprint density at radius 2 is 1.86 bits per heavy atom. The predicted octanol–water partition coefficient (Wildman–Crippen LogP) is 4.08. The molecule has 21 heavy (non-hydrogen) atoms. The van der Waals surface area contributed by atoms with E-state index >= 15 is 0 Å². The first-order valence-electron chi connectivity index (χ1n) is 7.47. The van der Waals surface area contributed by atoms with Crippen molar-refractivity contribution >= 4 is 0 Å². The average molecular weight is 284 g/mol. The molecule has 0 bridgehead atoms. The van der Waals surface area contributed by atoms with Crippen LogP contribution in [0.2, 0.25) is 0 Å². The summed E-state index contributed by atoms with van der Waals surface area (Å²) >= 11 is 0. The van der Waals surface area contributed by atoms with E-state index in [9.17, 15) is 0 Å². The molecular formula is C18H24N2O. The first-order valence-corrected chi connectivity index (χ1v) is 7.47. The first-order chi connectivity index (χ1) is 10.0. The van der Waals surface area contributed by atoms with Crippen molar-refractivity contribution in [1.82, 2.24) is 4.98 Å². The van der Waals surface area contributed by atoms with E-state index in [1.807, 2.05) is 12.1 Å². The van der Waals surface area contributed by atoms with Gasteiger partial charge in [-0.05, 0) is 56.4 Å². The van der Waals surface area contributed by atoms with E-state index < -0.39 is 0 Å². The van der Waals surface area contributed by atoms with Gasteiger partial charge in [-0.15, -0.1) is 0 Å². The van der Waals surface area contributed by atoms with Crippen molar-refractivity contribution in [2.24, 2.45) is 5.73 Å². The Morgan fingerprint density at radius 1 is 1.14 bits per heavy atom. The maximum Gasteiger partial charge on any atom is 0.222 e. The molecular weight excluding hydrogens is 260 g/mol. The molecule has 3 nitrogen and oxygen atoms in total. The fourth-order valence-corrected chi connectivity index (χ4v) is 2.28. The zero-order valence-corrected chi connectivity index (χ0v) is 13.3. The fraction of sp³-hybridized carbons (Fsp3) is 0.389. The summed E-state index contributed by atoms with van der Waals surface area (Å²) in [6.07, 6.45) is 3.48. The molecule has 2 N–H and O–H groups in total. The van der Waals surface area contributed by atoms with Crippen LogP contribution in [0.15, 0.2) is 30.5 Å². The quantitative estimate of drug-likeness (QED) is 0.900. The van der Waals surface area contributed by atoms with Crippen LogP contribution >= 0.6 is 0 Å². The van der Waals surface area contributed by atoms with E-state index in [1.54, 1.807) is 6.20 Å². The molecule has 1 unspecified atom stereocenters. The second kappa shape index (κ2) is 6.72. The smallest absolute Gasteiger partial charge is 0.222 e. The number of rotatable bonds is 5. The van der Waals surface area contributed by atoms with Gasteiger partial charge in [-0.1, -0.05) is 25.1 Å². The maximum atomic E-state index is 6.13. The standard InChI is InChI=1S/C18H24N2O/c1-5-16(19)11-15-7-6-10-20-18(15)21-17-13(3)9-8-12(2)14(17)4/h6-10,16H,5,11,19H2,1-4H3. The molecule has 112 valence electrons.